The Morgan fingerprint density at radius 2 is 2.15 bits per heavy atom. The van der Waals surface area contributed by atoms with Gasteiger partial charge >= 0.3 is 0 Å². The van der Waals surface area contributed by atoms with Gasteiger partial charge in [-0.1, -0.05) is 41.6 Å². The first-order valence-corrected chi connectivity index (χ1v) is 10.2. The molecule has 1 aliphatic rings. The Kier molecular flexibility index (Phi) is 5.48. The SMILES string of the molecule is O=c1c2ccccc2nc(SCc2ccc(F)cc2Cl)n1C[C@@H]1CCCO1. The summed E-state index contributed by atoms with van der Waals surface area (Å²) in [5.41, 5.74) is 1.40. The lowest BCUT2D eigenvalue weighted by Gasteiger charge is -2.16. The first kappa shape index (κ1) is 18.5. The van der Waals surface area contributed by atoms with Crippen molar-refractivity contribution in [1.82, 2.24) is 9.55 Å². The van der Waals surface area contributed by atoms with Crippen LogP contribution in [0.3, 0.4) is 0 Å². The second kappa shape index (κ2) is 8.00. The Bertz CT molecular complexity index is 1030. The molecule has 0 unspecified atom stereocenters. The van der Waals surface area contributed by atoms with Crippen LogP contribution in [0, 0.1) is 5.82 Å². The third-order valence-electron chi connectivity index (χ3n) is 4.61. The highest BCUT2D eigenvalue weighted by Crippen LogP contribution is 2.27. The predicted octanol–water partition coefficient (Wildman–Crippen LogP) is 4.66. The van der Waals surface area contributed by atoms with E-state index >= 15 is 0 Å². The van der Waals surface area contributed by atoms with E-state index in [1.165, 1.54) is 23.9 Å². The van der Waals surface area contributed by atoms with E-state index in [0.717, 1.165) is 25.0 Å². The van der Waals surface area contributed by atoms with E-state index in [-0.39, 0.29) is 17.5 Å². The van der Waals surface area contributed by atoms with Gasteiger partial charge in [-0.3, -0.25) is 9.36 Å². The molecule has 27 heavy (non-hydrogen) atoms. The molecular weight excluding hydrogens is 387 g/mol. The number of ether oxygens (including phenoxy) is 1. The van der Waals surface area contributed by atoms with Gasteiger partial charge in [0.2, 0.25) is 0 Å². The average Bonchev–Trinajstić information content (AvgIpc) is 3.17. The van der Waals surface area contributed by atoms with Gasteiger partial charge in [0, 0.05) is 17.4 Å². The highest BCUT2D eigenvalue weighted by Gasteiger charge is 2.20. The maximum atomic E-state index is 13.3. The van der Waals surface area contributed by atoms with E-state index in [2.05, 4.69) is 0 Å². The Morgan fingerprint density at radius 1 is 1.30 bits per heavy atom. The van der Waals surface area contributed by atoms with Gasteiger partial charge in [0.05, 0.1) is 23.6 Å². The second-order valence-electron chi connectivity index (χ2n) is 6.49. The molecule has 0 spiro atoms. The van der Waals surface area contributed by atoms with Gasteiger partial charge < -0.3 is 4.74 Å². The summed E-state index contributed by atoms with van der Waals surface area (Å²) in [6, 6.07) is 11.7. The highest BCUT2D eigenvalue weighted by molar-refractivity contribution is 7.98. The monoisotopic (exact) mass is 404 g/mol. The van der Waals surface area contributed by atoms with Crippen LogP contribution in [0.5, 0.6) is 0 Å². The summed E-state index contributed by atoms with van der Waals surface area (Å²) in [7, 11) is 0. The van der Waals surface area contributed by atoms with Crippen molar-refractivity contribution in [3.8, 4) is 0 Å². The number of para-hydroxylation sites is 1. The zero-order chi connectivity index (χ0) is 18.8. The summed E-state index contributed by atoms with van der Waals surface area (Å²) in [5.74, 6) is 0.128. The molecule has 2 aromatic carbocycles. The number of halogens is 2. The van der Waals surface area contributed by atoms with Crippen LogP contribution >= 0.6 is 23.4 Å². The van der Waals surface area contributed by atoms with Crippen molar-refractivity contribution in [1.29, 1.82) is 0 Å². The van der Waals surface area contributed by atoms with Crippen LogP contribution in [0.15, 0.2) is 52.4 Å². The normalized spacial score (nSPS) is 16.9. The summed E-state index contributed by atoms with van der Waals surface area (Å²) in [4.78, 5) is 17.7. The number of hydrogen-bond acceptors (Lipinski definition) is 4. The fourth-order valence-electron chi connectivity index (χ4n) is 3.19. The van der Waals surface area contributed by atoms with E-state index in [0.29, 0.717) is 33.4 Å². The molecule has 1 fully saturated rings. The Hall–Kier alpha value is -1.89. The van der Waals surface area contributed by atoms with Crippen LogP contribution < -0.4 is 5.56 Å². The van der Waals surface area contributed by atoms with Crippen LogP contribution in [0.2, 0.25) is 5.02 Å². The fourth-order valence-corrected chi connectivity index (χ4v) is 4.52. The number of aromatic nitrogens is 2. The van der Waals surface area contributed by atoms with Gasteiger partial charge in [-0.2, -0.15) is 0 Å². The van der Waals surface area contributed by atoms with E-state index in [1.54, 1.807) is 16.7 Å². The van der Waals surface area contributed by atoms with Crippen molar-refractivity contribution in [3.63, 3.8) is 0 Å². The molecule has 1 saturated heterocycles. The van der Waals surface area contributed by atoms with Crippen LogP contribution in [-0.4, -0.2) is 22.3 Å². The lowest BCUT2D eigenvalue weighted by atomic mass is 10.2. The lowest BCUT2D eigenvalue weighted by molar-refractivity contribution is 0.0937. The molecule has 0 saturated carbocycles. The van der Waals surface area contributed by atoms with Gasteiger partial charge in [-0.15, -0.1) is 0 Å². The summed E-state index contributed by atoms with van der Waals surface area (Å²) in [6.07, 6.45) is 1.97. The zero-order valence-corrected chi connectivity index (χ0v) is 16.1. The Morgan fingerprint density at radius 3 is 2.93 bits per heavy atom. The number of thioether (sulfide) groups is 1. The molecule has 140 valence electrons. The molecule has 4 rings (SSSR count). The minimum Gasteiger partial charge on any atom is -0.376 e. The summed E-state index contributed by atoms with van der Waals surface area (Å²) in [5, 5.41) is 1.59. The number of hydrogen-bond donors (Lipinski definition) is 0. The molecule has 0 amide bonds. The van der Waals surface area contributed by atoms with Crippen LogP contribution in [0.1, 0.15) is 18.4 Å². The largest absolute Gasteiger partial charge is 0.376 e. The molecule has 3 aromatic rings. The van der Waals surface area contributed by atoms with Crippen molar-refractivity contribution in [2.24, 2.45) is 0 Å². The van der Waals surface area contributed by atoms with Crippen molar-refractivity contribution < 1.29 is 9.13 Å². The third kappa shape index (κ3) is 4.03. The molecule has 1 atom stereocenters. The van der Waals surface area contributed by atoms with Crippen LogP contribution in [0.4, 0.5) is 4.39 Å². The molecule has 7 heteroatoms. The van der Waals surface area contributed by atoms with Crippen molar-refractivity contribution >= 4 is 34.3 Å². The summed E-state index contributed by atoms with van der Waals surface area (Å²) in [6.45, 7) is 1.21. The van der Waals surface area contributed by atoms with Gasteiger partial charge in [0.1, 0.15) is 5.82 Å². The molecule has 2 heterocycles. The Balaban J connectivity index is 1.69. The quantitative estimate of drug-likeness (QED) is 0.458. The first-order chi connectivity index (χ1) is 13.1. The number of nitrogens with zero attached hydrogens (tertiary/aromatic N) is 2. The van der Waals surface area contributed by atoms with Gasteiger partial charge in [-0.25, -0.2) is 9.37 Å². The third-order valence-corrected chi connectivity index (χ3v) is 5.99. The lowest BCUT2D eigenvalue weighted by Crippen LogP contribution is -2.28. The fraction of sp³-hybridized carbons (Fsp3) is 0.300. The van der Waals surface area contributed by atoms with Gasteiger partial charge in [-0.05, 0) is 42.7 Å². The minimum atomic E-state index is -0.368. The smallest absolute Gasteiger partial charge is 0.262 e. The van der Waals surface area contributed by atoms with E-state index in [9.17, 15) is 9.18 Å². The molecule has 0 bridgehead atoms. The summed E-state index contributed by atoms with van der Waals surface area (Å²) < 4.78 is 20.7. The standard InChI is InChI=1S/C20H18ClFN2O2S/c21-17-10-14(22)8-7-13(17)12-27-20-23-18-6-2-1-5-16(18)19(25)24(20)11-15-4-3-9-26-15/h1-2,5-8,10,15H,3-4,9,11-12H2/t15-/m0/s1. The molecule has 4 nitrogen and oxygen atoms in total. The van der Waals surface area contributed by atoms with Crippen LogP contribution in [-0.2, 0) is 17.0 Å². The topological polar surface area (TPSA) is 44.1 Å². The predicted molar refractivity (Wildman–Crippen MR) is 106 cm³/mol. The second-order valence-corrected chi connectivity index (χ2v) is 7.84. The molecule has 1 aliphatic heterocycles. The summed E-state index contributed by atoms with van der Waals surface area (Å²) >= 11 is 7.56. The van der Waals surface area contributed by atoms with Gasteiger partial charge in [0.25, 0.3) is 5.56 Å². The molecule has 0 N–H and O–H groups in total. The average molecular weight is 405 g/mol. The van der Waals surface area contributed by atoms with E-state index in [4.69, 9.17) is 21.3 Å². The van der Waals surface area contributed by atoms with Gasteiger partial charge in [0.15, 0.2) is 5.16 Å². The molecule has 0 aliphatic carbocycles. The molecule has 0 radical (unpaired) electrons. The van der Waals surface area contributed by atoms with Crippen molar-refractivity contribution in [3.05, 3.63) is 69.2 Å². The number of benzene rings is 2. The number of rotatable bonds is 5. The maximum absolute atomic E-state index is 13.3. The highest BCUT2D eigenvalue weighted by atomic mass is 35.5. The molecule has 1 aromatic heterocycles. The van der Waals surface area contributed by atoms with Crippen molar-refractivity contribution in [2.45, 2.75) is 36.4 Å². The van der Waals surface area contributed by atoms with E-state index in [1.807, 2.05) is 18.2 Å². The number of fused-ring (bicyclic) bond motifs is 1. The zero-order valence-electron chi connectivity index (χ0n) is 14.5. The van der Waals surface area contributed by atoms with Crippen LogP contribution in [0.25, 0.3) is 10.9 Å². The van der Waals surface area contributed by atoms with E-state index < -0.39 is 0 Å². The Labute approximate surface area is 165 Å². The first-order valence-electron chi connectivity index (χ1n) is 8.80. The van der Waals surface area contributed by atoms with Crippen molar-refractivity contribution in [2.75, 3.05) is 6.61 Å². The molecular formula is C20H18ClFN2O2S. The maximum Gasteiger partial charge on any atom is 0.262 e. The minimum absolute atomic E-state index is 0.0272.